The summed E-state index contributed by atoms with van der Waals surface area (Å²) in [6.45, 7) is 6.75. The monoisotopic (exact) mass is 516 g/mol. The zero-order valence-electron chi connectivity index (χ0n) is 20.8. The minimum Gasteiger partial charge on any atom is -0.395 e. The van der Waals surface area contributed by atoms with Crippen LogP contribution in [0.2, 0.25) is 0 Å². The third kappa shape index (κ3) is 5.16. The molecule has 1 aliphatic carbocycles. The standard InChI is InChI=1S/C25H33FN6O3S/c1-14-19(23-31-16-6-4-5-7-18(16)36-23)22(32-24(29-14)28-9-8-26)30-17-12-15(13-27-10-11-33)20-21(17)35-25(2,3)34-20/h4-7,15,17,20-21,27,33H,8-13H2,1-3H3,(H2,28,29,30,32)/t15-,17-,20-,21+/m1/s1. The molecule has 2 aromatic heterocycles. The Labute approximate surface area is 213 Å². The molecule has 3 heterocycles. The van der Waals surface area contributed by atoms with E-state index in [1.54, 1.807) is 11.3 Å². The first kappa shape index (κ1) is 25.2. The first-order chi connectivity index (χ1) is 17.4. The first-order valence-electron chi connectivity index (χ1n) is 12.4. The van der Waals surface area contributed by atoms with Crippen LogP contribution in [0.15, 0.2) is 24.3 Å². The molecule has 194 valence electrons. The summed E-state index contributed by atoms with van der Waals surface area (Å²) in [5.74, 6) is 0.538. The minimum absolute atomic E-state index is 0.0610. The third-order valence-corrected chi connectivity index (χ3v) is 7.63. The van der Waals surface area contributed by atoms with Crippen molar-refractivity contribution in [3.05, 3.63) is 30.0 Å². The SMILES string of the molecule is Cc1nc(NCCF)nc(N[C@@H]2C[C@H](CNCCO)[C@H]3OC(C)(C)O[C@H]32)c1-c1nc2ccccc2s1. The number of benzene rings is 1. The second kappa shape index (κ2) is 10.5. The summed E-state index contributed by atoms with van der Waals surface area (Å²) in [5, 5.41) is 19.9. The molecule has 0 bridgehead atoms. The lowest BCUT2D eigenvalue weighted by molar-refractivity contribution is -0.156. The van der Waals surface area contributed by atoms with Crippen LogP contribution in [0.5, 0.6) is 0 Å². The largest absolute Gasteiger partial charge is 0.395 e. The summed E-state index contributed by atoms with van der Waals surface area (Å²) in [4.78, 5) is 14.2. The number of fused-ring (bicyclic) bond motifs is 2. The molecule has 1 saturated heterocycles. The fourth-order valence-electron chi connectivity index (χ4n) is 5.12. The maximum atomic E-state index is 12.9. The number of thiazole rings is 1. The second-order valence-corrected chi connectivity index (χ2v) is 10.7. The fraction of sp³-hybridized carbons (Fsp3) is 0.560. The van der Waals surface area contributed by atoms with E-state index in [4.69, 9.17) is 19.4 Å². The van der Waals surface area contributed by atoms with Gasteiger partial charge in [0.25, 0.3) is 0 Å². The molecule has 36 heavy (non-hydrogen) atoms. The van der Waals surface area contributed by atoms with Crippen molar-refractivity contribution in [1.82, 2.24) is 20.3 Å². The summed E-state index contributed by atoms with van der Waals surface area (Å²) in [6.07, 6.45) is 0.558. The Bertz CT molecular complexity index is 1170. The number of alkyl halides is 1. The molecule has 2 fully saturated rings. The van der Waals surface area contributed by atoms with Gasteiger partial charge in [-0.15, -0.1) is 11.3 Å². The number of hydrogen-bond donors (Lipinski definition) is 4. The predicted molar refractivity (Wildman–Crippen MR) is 139 cm³/mol. The van der Waals surface area contributed by atoms with Crippen LogP contribution in [0.1, 0.15) is 26.0 Å². The number of para-hydroxylation sites is 1. The smallest absolute Gasteiger partial charge is 0.224 e. The highest BCUT2D eigenvalue weighted by Crippen LogP contribution is 2.44. The van der Waals surface area contributed by atoms with E-state index < -0.39 is 12.5 Å². The molecular formula is C25H33FN6O3S. The maximum absolute atomic E-state index is 12.9. The number of aliphatic hydroxyl groups excluding tert-OH is 1. The van der Waals surface area contributed by atoms with Crippen molar-refractivity contribution in [3.63, 3.8) is 0 Å². The van der Waals surface area contributed by atoms with Gasteiger partial charge < -0.3 is 30.5 Å². The van der Waals surface area contributed by atoms with Gasteiger partial charge >= 0.3 is 0 Å². The average molecular weight is 517 g/mol. The topological polar surface area (TPSA) is 113 Å². The third-order valence-electron chi connectivity index (χ3n) is 6.57. The quantitative estimate of drug-likeness (QED) is 0.301. The maximum Gasteiger partial charge on any atom is 0.224 e. The van der Waals surface area contributed by atoms with Gasteiger partial charge in [0.05, 0.1) is 40.2 Å². The van der Waals surface area contributed by atoms with Gasteiger partial charge in [-0.3, -0.25) is 0 Å². The van der Waals surface area contributed by atoms with Gasteiger partial charge in [0.1, 0.15) is 23.6 Å². The van der Waals surface area contributed by atoms with Crippen LogP contribution in [-0.2, 0) is 9.47 Å². The first-order valence-corrected chi connectivity index (χ1v) is 13.2. The summed E-state index contributed by atoms with van der Waals surface area (Å²) in [5.41, 5.74) is 2.51. The molecule has 4 N–H and O–H groups in total. The number of nitrogens with one attached hydrogen (secondary N) is 3. The van der Waals surface area contributed by atoms with Crippen LogP contribution in [0.25, 0.3) is 20.8 Å². The van der Waals surface area contributed by atoms with Crippen LogP contribution in [-0.4, -0.2) is 77.0 Å². The number of ether oxygens (including phenoxy) is 2. The summed E-state index contributed by atoms with van der Waals surface area (Å²) < 4.78 is 26.6. The van der Waals surface area contributed by atoms with E-state index in [1.807, 2.05) is 45.0 Å². The van der Waals surface area contributed by atoms with Crippen molar-refractivity contribution in [2.45, 2.75) is 51.2 Å². The van der Waals surface area contributed by atoms with Crippen molar-refractivity contribution >= 4 is 33.3 Å². The molecule has 0 radical (unpaired) electrons. The van der Waals surface area contributed by atoms with Crippen molar-refractivity contribution < 1.29 is 19.0 Å². The van der Waals surface area contributed by atoms with E-state index in [0.29, 0.717) is 18.3 Å². The van der Waals surface area contributed by atoms with Crippen molar-refractivity contribution in [3.8, 4) is 10.6 Å². The van der Waals surface area contributed by atoms with E-state index in [2.05, 4.69) is 20.9 Å². The number of aromatic nitrogens is 3. The molecule has 1 saturated carbocycles. The van der Waals surface area contributed by atoms with E-state index in [0.717, 1.165) is 39.4 Å². The van der Waals surface area contributed by atoms with E-state index in [1.165, 1.54) is 0 Å². The molecule has 0 spiro atoms. The molecule has 4 atom stereocenters. The van der Waals surface area contributed by atoms with Crippen LogP contribution < -0.4 is 16.0 Å². The Morgan fingerprint density at radius 1 is 1.14 bits per heavy atom. The van der Waals surface area contributed by atoms with Crippen LogP contribution in [0, 0.1) is 12.8 Å². The lowest BCUT2D eigenvalue weighted by atomic mass is 10.1. The van der Waals surface area contributed by atoms with Gasteiger partial charge in [0.15, 0.2) is 5.79 Å². The zero-order chi connectivity index (χ0) is 25.3. The van der Waals surface area contributed by atoms with Gasteiger partial charge in [0, 0.05) is 25.6 Å². The molecule has 11 heteroatoms. The lowest BCUT2D eigenvalue weighted by Crippen LogP contribution is -2.35. The Balaban J connectivity index is 1.49. The van der Waals surface area contributed by atoms with E-state index in [-0.39, 0.29) is 37.3 Å². The Hall–Kier alpha value is -2.44. The van der Waals surface area contributed by atoms with Gasteiger partial charge in [-0.2, -0.15) is 4.98 Å². The van der Waals surface area contributed by atoms with Crippen LogP contribution in [0.3, 0.4) is 0 Å². The number of aryl methyl sites for hydroxylation is 1. The minimum atomic E-state index is -0.684. The highest BCUT2D eigenvalue weighted by molar-refractivity contribution is 7.21. The molecule has 3 aromatic rings. The molecule has 1 aromatic carbocycles. The normalized spacial score (nSPS) is 24.8. The number of halogens is 1. The Morgan fingerprint density at radius 3 is 2.72 bits per heavy atom. The van der Waals surface area contributed by atoms with Crippen LogP contribution in [0.4, 0.5) is 16.2 Å². The predicted octanol–water partition coefficient (Wildman–Crippen LogP) is 3.35. The number of nitrogens with zero attached hydrogens (tertiary/aromatic N) is 3. The highest BCUT2D eigenvalue weighted by Gasteiger charge is 2.54. The van der Waals surface area contributed by atoms with Crippen molar-refractivity contribution in [2.75, 3.05) is 43.5 Å². The fourth-order valence-corrected chi connectivity index (χ4v) is 6.18. The van der Waals surface area contributed by atoms with Crippen molar-refractivity contribution in [2.24, 2.45) is 5.92 Å². The molecule has 9 nitrogen and oxygen atoms in total. The molecule has 0 unspecified atom stereocenters. The molecule has 5 rings (SSSR count). The van der Waals surface area contributed by atoms with Crippen molar-refractivity contribution in [1.29, 1.82) is 0 Å². The van der Waals surface area contributed by atoms with Gasteiger partial charge in [-0.25, -0.2) is 14.4 Å². The number of rotatable bonds is 10. The summed E-state index contributed by atoms with van der Waals surface area (Å²) in [7, 11) is 0. The van der Waals surface area contributed by atoms with Gasteiger partial charge in [-0.1, -0.05) is 12.1 Å². The highest BCUT2D eigenvalue weighted by atomic mass is 32.1. The number of anilines is 2. The summed E-state index contributed by atoms with van der Waals surface area (Å²) >= 11 is 1.59. The van der Waals surface area contributed by atoms with Gasteiger partial charge in [-0.05, 0) is 39.3 Å². The molecule has 2 aliphatic rings. The van der Waals surface area contributed by atoms with E-state index >= 15 is 0 Å². The van der Waals surface area contributed by atoms with Crippen LogP contribution >= 0.6 is 11.3 Å². The molecule has 1 aliphatic heterocycles. The summed E-state index contributed by atoms with van der Waals surface area (Å²) in [6, 6.07) is 7.96. The Kier molecular flexibility index (Phi) is 7.36. The Morgan fingerprint density at radius 2 is 1.94 bits per heavy atom. The lowest BCUT2D eigenvalue weighted by Gasteiger charge is -2.25. The number of hydrogen-bond acceptors (Lipinski definition) is 10. The molecular weight excluding hydrogens is 483 g/mol. The van der Waals surface area contributed by atoms with E-state index in [9.17, 15) is 9.50 Å². The molecule has 0 amide bonds. The second-order valence-electron chi connectivity index (χ2n) is 9.70. The van der Waals surface area contributed by atoms with Gasteiger partial charge in [0.2, 0.25) is 5.95 Å². The average Bonchev–Trinajstić information content (AvgIpc) is 3.49. The number of aliphatic hydroxyl groups is 1. The zero-order valence-corrected chi connectivity index (χ0v) is 21.6.